The van der Waals surface area contributed by atoms with Gasteiger partial charge in [0.25, 0.3) is 5.56 Å². The Morgan fingerprint density at radius 3 is 2.63 bits per heavy atom. The van der Waals surface area contributed by atoms with E-state index in [-0.39, 0.29) is 5.56 Å². The fraction of sp³-hybridized carbons (Fsp3) is 0.190. The summed E-state index contributed by atoms with van der Waals surface area (Å²) in [6.45, 7) is 6.18. The molecule has 0 unspecified atom stereocenters. The lowest BCUT2D eigenvalue weighted by atomic mass is 10.1. The van der Waals surface area contributed by atoms with Gasteiger partial charge in [-0.1, -0.05) is 53.7 Å². The molecule has 6 heteroatoms. The van der Waals surface area contributed by atoms with Crippen molar-refractivity contribution in [2.24, 2.45) is 0 Å². The van der Waals surface area contributed by atoms with E-state index in [0.29, 0.717) is 16.2 Å². The largest absolute Gasteiger partial charge is 0.301 e. The molecule has 0 amide bonds. The second-order valence-electron chi connectivity index (χ2n) is 6.66. The molecular formula is C21H20N4OS. The van der Waals surface area contributed by atoms with Crippen LogP contribution in [0.4, 0.5) is 0 Å². The Morgan fingerprint density at radius 2 is 1.85 bits per heavy atom. The fourth-order valence-electron chi connectivity index (χ4n) is 2.94. The molecule has 0 bridgehead atoms. The molecule has 2 heterocycles. The second kappa shape index (κ2) is 7.04. The predicted molar refractivity (Wildman–Crippen MR) is 110 cm³/mol. The zero-order chi connectivity index (χ0) is 19.0. The molecule has 2 aromatic carbocycles. The summed E-state index contributed by atoms with van der Waals surface area (Å²) in [5.41, 5.74) is 6.08. The van der Waals surface area contributed by atoms with E-state index in [2.05, 4.69) is 66.2 Å². The minimum atomic E-state index is -0.164. The van der Waals surface area contributed by atoms with Crippen LogP contribution in [0.25, 0.3) is 16.7 Å². The molecule has 5 nitrogen and oxygen atoms in total. The van der Waals surface area contributed by atoms with Crippen molar-refractivity contribution in [2.45, 2.75) is 31.7 Å². The molecule has 0 spiro atoms. The number of aromatic amines is 1. The first kappa shape index (κ1) is 17.5. The number of hydrogen-bond donors (Lipinski definition) is 1. The smallest absolute Gasteiger partial charge is 0.262 e. The first-order chi connectivity index (χ1) is 13.0. The van der Waals surface area contributed by atoms with E-state index in [1.807, 2.05) is 12.1 Å². The van der Waals surface area contributed by atoms with Gasteiger partial charge in [0.2, 0.25) is 0 Å². The van der Waals surface area contributed by atoms with Crippen LogP contribution in [0.5, 0.6) is 0 Å². The molecule has 27 heavy (non-hydrogen) atoms. The van der Waals surface area contributed by atoms with Crippen molar-refractivity contribution in [3.05, 3.63) is 81.3 Å². The number of aryl methyl sites for hydroxylation is 2. The number of benzene rings is 2. The highest BCUT2D eigenvalue weighted by Gasteiger charge is 2.14. The summed E-state index contributed by atoms with van der Waals surface area (Å²) in [6, 6.07) is 14.4. The minimum absolute atomic E-state index is 0.164. The number of rotatable bonds is 4. The van der Waals surface area contributed by atoms with Crippen molar-refractivity contribution in [3.63, 3.8) is 0 Å². The van der Waals surface area contributed by atoms with Gasteiger partial charge in [-0.25, -0.2) is 9.67 Å². The van der Waals surface area contributed by atoms with Crippen LogP contribution in [0.2, 0.25) is 0 Å². The minimum Gasteiger partial charge on any atom is -0.301 e. The third kappa shape index (κ3) is 3.40. The molecular weight excluding hydrogens is 356 g/mol. The van der Waals surface area contributed by atoms with Crippen LogP contribution in [0.15, 0.2) is 58.6 Å². The van der Waals surface area contributed by atoms with E-state index >= 15 is 0 Å². The molecule has 136 valence electrons. The quantitative estimate of drug-likeness (QED) is 0.425. The summed E-state index contributed by atoms with van der Waals surface area (Å²) < 4.78 is 1.75. The summed E-state index contributed by atoms with van der Waals surface area (Å²) in [5, 5.41) is 5.52. The number of nitrogens with one attached hydrogen (secondary N) is 1. The van der Waals surface area contributed by atoms with Gasteiger partial charge in [0.1, 0.15) is 5.39 Å². The van der Waals surface area contributed by atoms with E-state index in [9.17, 15) is 4.79 Å². The highest BCUT2D eigenvalue weighted by Crippen LogP contribution is 2.23. The van der Waals surface area contributed by atoms with Gasteiger partial charge in [-0.2, -0.15) is 5.10 Å². The number of H-pyrrole nitrogens is 1. The average molecular weight is 376 g/mol. The monoisotopic (exact) mass is 376 g/mol. The predicted octanol–water partition coefficient (Wildman–Crippen LogP) is 4.33. The van der Waals surface area contributed by atoms with Crippen LogP contribution in [-0.4, -0.2) is 19.7 Å². The summed E-state index contributed by atoms with van der Waals surface area (Å²) in [6.07, 6.45) is 1.58. The molecule has 0 saturated carbocycles. The summed E-state index contributed by atoms with van der Waals surface area (Å²) in [4.78, 5) is 20.0. The Balaban J connectivity index is 1.72. The molecule has 4 rings (SSSR count). The fourth-order valence-corrected chi connectivity index (χ4v) is 3.76. The Kier molecular flexibility index (Phi) is 4.58. The first-order valence-corrected chi connectivity index (χ1v) is 9.74. The van der Waals surface area contributed by atoms with Gasteiger partial charge in [0.05, 0.1) is 11.9 Å². The van der Waals surface area contributed by atoms with Gasteiger partial charge in [0, 0.05) is 5.75 Å². The molecule has 1 N–H and O–H groups in total. The Labute approximate surface area is 161 Å². The zero-order valence-corrected chi connectivity index (χ0v) is 16.3. The van der Waals surface area contributed by atoms with E-state index in [1.165, 1.54) is 28.5 Å². The lowest BCUT2D eigenvalue weighted by Gasteiger charge is -2.09. The summed E-state index contributed by atoms with van der Waals surface area (Å²) >= 11 is 1.52. The first-order valence-electron chi connectivity index (χ1n) is 8.76. The topological polar surface area (TPSA) is 63.6 Å². The molecule has 2 aromatic heterocycles. The molecule has 4 aromatic rings. The van der Waals surface area contributed by atoms with Crippen LogP contribution in [0.3, 0.4) is 0 Å². The normalized spacial score (nSPS) is 11.2. The maximum Gasteiger partial charge on any atom is 0.262 e. The summed E-state index contributed by atoms with van der Waals surface area (Å²) in [7, 11) is 0. The van der Waals surface area contributed by atoms with Crippen LogP contribution in [-0.2, 0) is 5.75 Å². The summed E-state index contributed by atoms with van der Waals surface area (Å²) in [5.74, 6) is 0.742. The molecule has 0 fully saturated rings. The van der Waals surface area contributed by atoms with Crippen molar-refractivity contribution >= 4 is 22.8 Å². The molecule has 0 saturated heterocycles. The lowest BCUT2D eigenvalue weighted by Crippen LogP contribution is -2.10. The maximum absolute atomic E-state index is 12.5. The molecule has 0 aliphatic heterocycles. The van der Waals surface area contributed by atoms with Crippen LogP contribution in [0.1, 0.15) is 22.3 Å². The number of hydrogen-bond acceptors (Lipinski definition) is 4. The van der Waals surface area contributed by atoms with Crippen LogP contribution in [0, 0.1) is 20.8 Å². The van der Waals surface area contributed by atoms with Crippen molar-refractivity contribution in [1.82, 2.24) is 19.7 Å². The van der Waals surface area contributed by atoms with E-state index in [4.69, 9.17) is 0 Å². The SMILES string of the molecule is Cc1ccc(CSc2nc3c(cnn3-c3cccc(C)c3C)c(=O)[nH]2)cc1. The molecule has 0 aliphatic carbocycles. The van der Waals surface area contributed by atoms with Crippen molar-refractivity contribution < 1.29 is 0 Å². The Hall–Kier alpha value is -2.86. The standard InChI is InChI=1S/C21H20N4OS/c1-13-7-9-16(10-8-13)12-27-21-23-19-17(20(26)24-21)11-22-25(19)18-6-4-5-14(2)15(18)3/h4-11H,12H2,1-3H3,(H,23,24,26). The molecule has 0 radical (unpaired) electrons. The van der Waals surface area contributed by atoms with E-state index in [1.54, 1.807) is 10.9 Å². The highest BCUT2D eigenvalue weighted by molar-refractivity contribution is 7.98. The van der Waals surface area contributed by atoms with Crippen LogP contribution < -0.4 is 5.56 Å². The zero-order valence-electron chi connectivity index (χ0n) is 15.5. The maximum atomic E-state index is 12.5. The number of nitrogens with zero attached hydrogens (tertiary/aromatic N) is 3. The number of aromatic nitrogens is 4. The van der Waals surface area contributed by atoms with Gasteiger partial charge < -0.3 is 4.98 Å². The Bertz CT molecular complexity index is 1180. The third-order valence-corrected chi connectivity index (χ3v) is 5.66. The third-order valence-electron chi connectivity index (χ3n) is 4.72. The second-order valence-corrected chi connectivity index (χ2v) is 7.62. The number of fused-ring (bicyclic) bond motifs is 1. The van der Waals surface area contributed by atoms with Gasteiger partial charge in [0.15, 0.2) is 10.8 Å². The number of thioether (sulfide) groups is 1. The van der Waals surface area contributed by atoms with E-state index in [0.717, 1.165) is 17.0 Å². The van der Waals surface area contributed by atoms with Gasteiger partial charge in [-0.3, -0.25) is 4.79 Å². The molecule has 0 atom stereocenters. The van der Waals surface area contributed by atoms with Gasteiger partial charge in [-0.15, -0.1) is 0 Å². The van der Waals surface area contributed by atoms with E-state index < -0.39 is 0 Å². The van der Waals surface area contributed by atoms with Crippen molar-refractivity contribution in [3.8, 4) is 5.69 Å². The van der Waals surface area contributed by atoms with Gasteiger partial charge in [-0.05, 0) is 43.5 Å². The molecule has 0 aliphatic rings. The highest BCUT2D eigenvalue weighted by atomic mass is 32.2. The van der Waals surface area contributed by atoms with Crippen molar-refractivity contribution in [2.75, 3.05) is 0 Å². The van der Waals surface area contributed by atoms with Crippen molar-refractivity contribution in [1.29, 1.82) is 0 Å². The van der Waals surface area contributed by atoms with Gasteiger partial charge >= 0.3 is 0 Å². The lowest BCUT2D eigenvalue weighted by molar-refractivity contribution is 0.865. The Morgan fingerprint density at radius 1 is 1.07 bits per heavy atom. The average Bonchev–Trinajstić information content (AvgIpc) is 3.08. The van der Waals surface area contributed by atoms with Crippen LogP contribution >= 0.6 is 11.8 Å².